The van der Waals surface area contributed by atoms with Gasteiger partial charge in [0.15, 0.2) is 5.13 Å². The second-order valence-electron chi connectivity index (χ2n) is 3.64. The summed E-state index contributed by atoms with van der Waals surface area (Å²) < 4.78 is 12.7. The molecule has 0 saturated carbocycles. The molecule has 0 N–H and O–H groups in total. The molecule has 0 atom stereocenters. The van der Waals surface area contributed by atoms with Crippen molar-refractivity contribution in [3.63, 3.8) is 0 Å². The Morgan fingerprint density at radius 1 is 1.35 bits per heavy atom. The molecule has 1 amide bonds. The highest BCUT2D eigenvalue weighted by Gasteiger charge is 2.15. The molecule has 2 rings (SSSR count). The summed E-state index contributed by atoms with van der Waals surface area (Å²) in [6.45, 7) is 1.87. The van der Waals surface area contributed by atoms with Crippen LogP contribution in [0.3, 0.4) is 0 Å². The standard InChI is InChI=1S/C12H11FN2OS/c1-8-7-17-12(14-8)15(2)11(16)9-3-5-10(13)6-4-9/h3-7H,1-2H3. The van der Waals surface area contributed by atoms with Gasteiger partial charge in [0.05, 0.1) is 5.69 Å². The van der Waals surface area contributed by atoms with Crippen LogP contribution >= 0.6 is 11.3 Å². The van der Waals surface area contributed by atoms with E-state index in [4.69, 9.17) is 0 Å². The lowest BCUT2D eigenvalue weighted by molar-refractivity contribution is 0.0993. The number of hydrogen-bond acceptors (Lipinski definition) is 3. The number of hydrogen-bond donors (Lipinski definition) is 0. The van der Waals surface area contributed by atoms with Crippen LogP contribution in [-0.4, -0.2) is 17.9 Å². The van der Waals surface area contributed by atoms with Gasteiger partial charge in [-0.2, -0.15) is 0 Å². The van der Waals surface area contributed by atoms with Crippen molar-refractivity contribution < 1.29 is 9.18 Å². The van der Waals surface area contributed by atoms with Gasteiger partial charge in [-0.1, -0.05) is 0 Å². The van der Waals surface area contributed by atoms with E-state index in [0.717, 1.165) is 5.69 Å². The number of carbonyl (C=O) groups is 1. The molecule has 0 aliphatic rings. The van der Waals surface area contributed by atoms with Gasteiger partial charge < -0.3 is 0 Å². The largest absolute Gasteiger partial charge is 0.287 e. The molecule has 88 valence electrons. The van der Waals surface area contributed by atoms with E-state index in [2.05, 4.69) is 4.98 Å². The third kappa shape index (κ3) is 2.50. The average Bonchev–Trinajstić information content (AvgIpc) is 2.75. The molecule has 0 fully saturated rings. The van der Waals surface area contributed by atoms with Crippen LogP contribution in [-0.2, 0) is 0 Å². The number of anilines is 1. The molecule has 0 aliphatic carbocycles. The fourth-order valence-corrected chi connectivity index (χ4v) is 2.13. The Hall–Kier alpha value is -1.75. The maximum atomic E-state index is 12.7. The quantitative estimate of drug-likeness (QED) is 0.821. The van der Waals surface area contributed by atoms with E-state index in [-0.39, 0.29) is 11.7 Å². The fourth-order valence-electron chi connectivity index (χ4n) is 1.37. The van der Waals surface area contributed by atoms with Crippen molar-refractivity contribution in [3.8, 4) is 0 Å². The number of nitrogens with zero attached hydrogens (tertiary/aromatic N) is 2. The summed E-state index contributed by atoms with van der Waals surface area (Å²) in [4.78, 5) is 17.7. The highest BCUT2D eigenvalue weighted by molar-refractivity contribution is 7.14. The van der Waals surface area contributed by atoms with E-state index in [1.54, 1.807) is 7.05 Å². The first-order valence-electron chi connectivity index (χ1n) is 5.03. The Bertz CT molecular complexity index is 536. The molecule has 0 unspecified atom stereocenters. The third-order valence-corrected chi connectivity index (χ3v) is 3.32. The van der Waals surface area contributed by atoms with Gasteiger partial charge in [0.1, 0.15) is 5.82 Å². The van der Waals surface area contributed by atoms with Crippen LogP contribution in [0.15, 0.2) is 29.6 Å². The summed E-state index contributed by atoms with van der Waals surface area (Å²) in [6.07, 6.45) is 0. The number of carbonyl (C=O) groups excluding carboxylic acids is 1. The summed E-state index contributed by atoms with van der Waals surface area (Å²) in [5.41, 5.74) is 1.32. The Morgan fingerprint density at radius 3 is 2.53 bits per heavy atom. The molecule has 0 spiro atoms. The normalized spacial score (nSPS) is 10.3. The average molecular weight is 250 g/mol. The van der Waals surface area contributed by atoms with Crippen LogP contribution in [0.4, 0.5) is 9.52 Å². The molecule has 17 heavy (non-hydrogen) atoms. The van der Waals surface area contributed by atoms with Gasteiger partial charge in [0.2, 0.25) is 0 Å². The number of aromatic nitrogens is 1. The Balaban J connectivity index is 2.23. The van der Waals surface area contributed by atoms with Crippen molar-refractivity contribution in [2.24, 2.45) is 0 Å². The smallest absolute Gasteiger partial charge is 0.259 e. The van der Waals surface area contributed by atoms with Crippen molar-refractivity contribution in [3.05, 3.63) is 46.7 Å². The summed E-state index contributed by atoms with van der Waals surface area (Å²) in [7, 11) is 1.66. The minimum absolute atomic E-state index is 0.195. The summed E-state index contributed by atoms with van der Waals surface area (Å²) >= 11 is 1.40. The maximum Gasteiger partial charge on any atom is 0.259 e. The SMILES string of the molecule is Cc1csc(N(C)C(=O)c2ccc(F)cc2)n1. The molecule has 2 aromatic rings. The van der Waals surface area contributed by atoms with Crippen LogP contribution in [0.2, 0.25) is 0 Å². The lowest BCUT2D eigenvalue weighted by atomic mass is 10.2. The Labute approximate surface area is 103 Å². The number of benzene rings is 1. The van der Waals surface area contributed by atoms with Crippen LogP contribution < -0.4 is 4.90 Å². The maximum absolute atomic E-state index is 12.7. The van der Waals surface area contributed by atoms with E-state index >= 15 is 0 Å². The number of rotatable bonds is 2. The zero-order chi connectivity index (χ0) is 12.4. The van der Waals surface area contributed by atoms with Gasteiger partial charge in [-0.25, -0.2) is 9.37 Å². The zero-order valence-corrected chi connectivity index (χ0v) is 10.3. The summed E-state index contributed by atoms with van der Waals surface area (Å²) in [6, 6.07) is 5.48. The van der Waals surface area contributed by atoms with Crippen LogP contribution in [0.25, 0.3) is 0 Å². The monoisotopic (exact) mass is 250 g/mol. The molecule has 3 nitrogen and oxygen atoms in total. The lowest BCUT2D eigenvalue weighted by Gasteiger charge is -2.13. The topological polar surface area (TPSA) is 33.2 Å². The van der Waals surface area contributed by atoms with E-state index in [0.29, 0.717) is 10.7 Å². The molecule has 1 aromatic heterocycles. The van der Waals surface area contributed by atoms with Gasteiger partial charge in [0, 0.05) is 18.0 Å². The number of halogens is 1. The molecule has 0 radical (unpaired) electrons. The molecule has 5 heteroatoms. The van der Waals surface area contributed by atoms with Gasteiger partial charge >= 0.3 is 0 Å². The van der Waals surface area contributed by atoms with Crippen molar-refractivity contribution >= 4 is 22.4 Å². The van der Waals surface area contributed by atoms with E-state index in [1.807, 2.05) is 12.3 Å². The minimum atomic E-state index is -0.353. The van der Waals surface area contributed by atoms with E-state index < -0.39 is 0 Å². The molecule has 0 aliphatic heterocycles. The third-order valence-electron chi connectivity index (χ3n) is 2.29. The Morgan fingerprint density at radius 2 is 2.00 bits per heavy atom. The highest BCUT2D eigenvalue weighted by Crippen LogP contribution is 2.20. The predicted octanol–water partition coefficient (Wildman–Crippen LogP) is 2.87. The number of thiazole rings is 1. The van der Waals surface area contributed by atoms with Gasteiger partial charge in [-0.15, -0.1) is 11.3 Å². The number of amides is 1. The first-order valence-corrected chi connectivity index (χ1v) is 5.91. The lowest BCUT2D eigenvalue weighted by Crippen LogP contribution is -2.26. The highest BCUT2D eigenvalue weighted by atomic mass is 32.1. The predicted molar refractivity (Wildman–Crippen MR) is 66.0 cm³/mol. The second-order valence-corrected chi connectivity index (χ2v) is 4.48. The van der Waals surface area contributed by atoms with Crippen LogP contribution in [0.5, 0.6) is 0 Å². The first-order chi connectivity index (χ1) is 8.08. The molecule has 0 bridgehead atoms. The van der Waals surface area contributed by atoms with Crippen molar-refractivity contribution in [2.45, 2.75) is 6.92 Å². The van der Waals surface area contributed by atoms with Gasteiger partial charge in [-0.05, 0) is 31.2 Å². The van der Waals surface area contributed by atoms with Crippen molar-refractivity contribution in [1.82, 2.24) is 4.98 Å². The zero-order valence-electron chi connectivity index (χ0n) is 9.48. The number of aryl methyl sites for hydroxylation is 1. The van der Waals surface area contributed by atoms with Gasteiger partial charge in [-0.3, -0.25) is 9.69 Å². The fraction of sp³-hybridized carbons (Fsp3) is 0.167. The van der Waals surface area contributed by atoms with Crippen LogP contribution in [0, 0.1) is 12.7 Å². The Kier molecular flexibility index (Phi) is 3.19. The van der Waals surface area contributed by atoms with Crippen molar-refractivity contribution in [1.29, 1.82) is 0 Å². The molecular weight excluding hydrogens is 239 g/mol. The minimum Gasteiger partial charge on any atom is -0.287 e. The van der Waals surface area contributed by atoms with E-state index in [1.165, 1.54) is 40.5 Å². The van der Waals surface area contributed by atoms with Crippen LogP contribution in [0.1, 0.15) is 16.1 Å². The summed E-state index contributed by atoms with van der Waals surface area (Å²) in [5.74, 6) is -0.548. The molecule has 1 heterocycles. The molecule has 0 saturated heterocycles. The molecule has 1 aromatic carbocycles. The van der Waals surface area contributed by atoms with Gasteiger partial charge in [0.25, 0.3) is 5.91 Å². The molecular formula is C12H11FN2OS. The first kappa shape index (κ1) is 11.7. The van der Waals surface area contributed by atoms with E-state index in [9.17, 15) is 9.18 Å². The van der Waals surface area contributed by atoms with Crippen molar-refractivity contribution in [2.75, 3.05) is 11.9 Å². The summed E-state index contributed by atoms with van der Waals surface area (Å²) in [5, 5.41) is 2.51. The second kappa shape index (κ2) is 4.63.